The second-order valence-electron chi connectivity index (χ2n) is 8.22. The zero-order valence-corrected chi connectivity index (χ0v) is 21.3. The average molecular weight is 517 g/mol. The van der Waals surface area contributed by atoms with Crippen molar-refractivity contribution in [3.8, 4) is 0 Å². The summed E-state index contributed by atoms with van der Waals surface area (Å²) in [5.74, 6) is -6.30. The molecule has 0 bridgehead atoms. The maximum atomic E-state index is 11.7. The first-order chi connectivity index (χ1) is 17.1. The van der Waals surface area contributed by atoms with Crippen molar-refractivity contribution in [2.45, 2.75) is 25.7 Å². The van der Waals surface area contributed by atoms with E-state index >= 15 is 0 Å². The first-order valence-electron chi connectivity index (χ1n) is 11.2. The van der Waals surface area contributed by atoms with Gasteiger partial charge in [-0.15, -0.1) is 0 Å². The Morgan fingerprint density at radius 3 is 1.50 bits per heavy atom. The lowest BCUT2D eigenvalue weighted by molar-refractivity contribution is -0.163. The highest BCUT2D eigenvalue weighted by molar-refractivity contribution is 5.86. The normalized spacial score (nSPS) is 26.7. The fraction of sp³-hybridized carbons (Fsp3) is 0.667. The van der Waals surface area contributed by atoms with Crippen LogP contribution in [0.25, 0.3) is 0 Å². The summed E-state index contributed by atoms with van der Waals surface area (Å²) in [6.45, 7) is 0. The summed E-state index contributed by atoms with van der Waals surface area (Å²) in [6.07, 6.45) is 4.44. The molecule has 12 heteroatoms. The molecule has 2 aliphatic rings. The predicted molar refractivity (Wildman–Crippen MR) is 123 cm³/mol. The van der Waals surface area contributed by atoms with E-state index in [4.69, 9.17) is 0 Å². The van der Waals surface area contributed by atoms with E-state index < -0.39 is 59.4 Å². The van der Waals surface area contributed by atoms with E-state index in [1.807, 2.05) is 0 Å². The lowest BCUT2D eigenvalue weighted by atomic mass is 9.74. The van der Waals surface area contributed by atoms with Crippen LogP contribution in [-0.2, 0) is 57.2 Å². The standard InChI is InChI=1S/C12H18O6.C12H16O6.H2/c2*1-16-10(13)7-4-5-8(11(14)17-2)9(6-7)12(15)18-3;/h7-9H,4-6H2,1-3H3;4-5,7-9H,6H2,1-3H3;1H. The van der Waals surface area contributed by atoms with Gasteiger partial charge in [-0.05, 0) is 25.7 Å². The molecule has 0 aromatic carbocycles. The summed E-state index contributed by atoms with van der Waals surface area (Å²) < 4.78 is 27.9. The molecule has 1 saturated carbocycles. The molecule has 12 nitrogen and oxygen atoms in total. The molecule has 0 N–H and O–H groups in total. The molecule has 0 saturated heterocycles. The van der Waals surface area contributed by atoms with Crippen molar-refractivity contribution in [1.29, 1.82) is 0 Å². The summed E-state index contributed by atoms with van der Waals surface area (Å²) in [7, 11) is 7.61. The van der Waals surface area contributed by atoms with Crippen LogP contribution in [0.15, 0.2) is 12.2 Å². The van der Waals surface area contributed by atoms with Crippen LogP contribution in [0, 0.1) is 35.5 Å². The molecule has 2 rings (SSSR count). The van der Waals surface area contributed by atoms with Crippen LogP contribution < -0.4 is 0 Å². The van der Waals surface area contributed by atoms with Gasteiger partial charge in [0.1, 0.15) is 0 Å². The van der Waals surface area contributed by atoms with Gasteiger partial charge in [-0.1, -0.05) is 12.2 Å². The Bertz CT molecular complexity index is 855. The topological polar surface area (TPSA) is 158 Å². The van der Waals surface area contributed by atoms with E-state index in [-0.39, 0.29) is 26.2 Å². The smallest absolute Gasteiger partial charge is 0.313 e. The fourth-order valence-electron chi connectivity index (χ4n) is 4.38. The van der Waals surface area contributed by atoms with Crippen molar-refractivity contribution < 1.29 is 58.6 Å². The van der Waals surface area contributed by atoms with Gasteiger partial charge in [0.2, 0.25) is 0 Å². The number of ether oxygens (including phenoxy) is 6. The van der Waals surface area contributed by atoms with Crippen molar-refractivity contribution >= 4 is 35.8 Å². The van der Waals surface area contributed by atoms with Gasteiger partial charge >= 0.3 is 35.8 Å². The first-order valence-corrected chi connectivity index (χ1v) is 11.2. The predicted octanol–water partition coefficient (Wildman–Crippen LogP) is 1.10. The number of hydrogen-bond acceptors (Lipinski definition) is 12. The zero-order valence-electron chi connectivity index (χ0n) is 21.3. The molecule has 36 heavy (non-hydrogen) atoms. The summed E-state index contributed by atoms with van der Waals surface area (Å²) in [6, 6.07) is 0. The van der Waals surface area contributed by atoms with Gasteiger partial charge in [-0.25, -0.2) is 0 Å². The van der Waals surface area contributed by atoms with Crippen LogP contribution in [0.3, 0.4) is 0 Å². The highest BCUT2D eigenvalue weighted by Gasteiger charge is 2.43. The molecule has 0 spiro atoms. The molecule has 6 unspecified atom stereocenters. The van der Waals surface area contributed by atoms with E-state index in [0.29, 0.717) is 12.8 Å². The quantitative estimate of drug-likeness (QED) is 0.282. The fourth-order valence-corrected chi connectivity index (χ4v) is 4.38. The van der Waals surface area contributed by atoms with Crippen molar-refractivity contribution in [3.63, 3.8) is 0 Å². The lowest BCUT2D eigenvalue weighted by Crippen LogP contribution is -2.39. The Balaban J connectivity index is 0.000000682. The van der Waals surface area contributed by atoms with Crippen molar-refractivity contribution in [3.05, 3.63) is 12.2 Å². The van der Waals surface area contributed by atoms with Crippen LogP contribution in [0.5, 0.6) is 0 Å². The lowest BCUT2D eigenvalue weighted by Gasteiger charge is -2.31. The van der Waals surface area contributed by atoms with Crippen molar-refractivity contribution in [2.24, 2.45) is 35.5 Å². The Kier molecular flexibility index (Phi) is 12.6. The Morgan fingerprint density at radius 1 is 0.528 bits per heavy atom. The van der Waals surface area contributed by atoms with Gasteiger partial charge in [-0.2, -0.15) is 0 Å². The summed E-state index contributed by atoms with van der Waals surface area (Å²) >= 11 is 0. The van der Waals surface area contributed by atoms with Gasteiger partial charge < -0.3 is 28.4 Å². The Hall–Kier alpha value is -3.44. The maximum absolute atomic E-state index is 11.7. The van der Waals surface area contributed by atoms with Gasteiger partial charge in [-0.3, -0.25) is 28.8 Å². The van der Waals surface area contributed by atoms with E-state index in [1.54, 1.807) is 6.08 Å². The third-order valence-electron chi connectivity index (χ3n) is 6.37. The van der Waals surface area contributed by atoms with Gasteiger partial charge in [0.05, 0.1) is 78.2 Å². The summed E-state index contributed by atoms with van der Waals surface area (Å²) in [4.78, 5) is 69.4. The maximum Gasteiger partial charge on any atom is 0.313 e. The van der Waals surface area contributed by atoms with Gasteiger partial charge in [0.25, 0.3) is 0 Å². The number of methoxy groups -OCH3 is 6. The molecule has 6 atom stereocenters. The van der Waals surface area contributed by atoms with Crippen molar-refractivity contribution in [1.82, 2.24) is 0 Å². The van der Waals surface area contributed by atoms with Crippen LogP contribution in [0.1, 0.15) is 27.1 Å². The minimum atomic E-state index is -0.725. The molecule has 0 aromatic heterocycles. The minimum absolute atomic E-state index is 0. The molecule has 0 aromatic rings. The molecule has 2 aliphatic carbocycles. The SMILES string of the molecule is COC(=O)C1C=CC(C(=O)OC)C(C(=O)OC)C1.COC(=O)C1CCC(C(=O)OC)C(C(=O)OC)C1.[HH]. The molecular formula is C24H36O12. The molecule has 0 amide bonds. The van der Waals surface area contributed by atoms with E-state index in [0.717, 1.165) is 0 Å². The van der Waals surface area contributed by atoms with Crippen molar-refractivity contribution in [2.75, 3.05) is 42.7 Å². The number of rotatable bonds is 6. The van der Waals surface area contributed by atoms with E-state index in [2.05, 4.69) is 28.4 Å². The third-order valence-corrected chi connectivity index (χ3v) is 6.37. The van der Waals surface area contributed by atoms with Crippen LogP contribution in [-0.4, -0.2) is 78.5 Å². The van der Waals surface area contributed by atoms with Crippen LogP contribution in [0.4, 0.5) is 0 Å². The molecule has 1 fully saturated rings. The van der Waals surface area contributed by atoms with Gasteiger partial charge in [0.15, 0.2) is 0 Å². The second-order valence-corrected chi connectivity index (χ2v) is 8.22. The molecule has 0 radical (unpaired) electrons. The monoisotopic (exact) mass is 516 g/mol. The number of esters is 6. The van der Waals surface area contributed by atoms with Crippen LogP contribution in [0.2, 0.25) is 0 Å². The van der Waals surface area contributed by atoms with Gasteiger partial charge in [0, 0.05) is 1.43 Å². The first kappa shape index (κ1) is 30.6. The third kappa shape index (κ3) is 7.79. The molecular weight excluding hydrogens is 480 g/mol. The Morgan fingerprint density at radius 2 is 1.00 bits per heavy atom. The average Bonchev–Trinajstić information content (AvgIpc) is 2.93. The zero-order chi connectivity index (χ0) is 27.4. The van der Waals surface area contributed by atoms with E-state index in [9.17, 15) is 28.8 Å². The largest absolute Gasteiger partial charge is 0.469 e. The molecule has 0 aliphatic heterocycles. The summed E-state index contributed by atoms with van der Waals surface area (Å²) in [5, 5.41) is 0. The summed E-state index contributed by atoms with van der Waals surface area (Å²) in [5.41, 5.74) is 0. The minimum Gasteiger partial charge on any atom is -0.469 e. The number of hydrogen-bond donors (Lipinski definition) is 0. The number of carbonyl (C=O) groups is 6. The Labute approximate surface area is 211 Å². The highest BCUT2D eigenvalue weighted by Crippen LogP contribution is 2.36. The second kappa shape index (κ2) is 14.8. The van der Waals surface area contributed by atoms with E-state index in [1.165, 1.54) is 48.7 Å². The molecule has 0 heterocycles. The molecule has 204 valence electrons. The van der Waals surface area contributed by atoms with Crippen LogP contribution >= 0.6 is 0 Å². The number of carbonyl (C=O) groups excluding carboxylic acids is 6. The highest BCUT2D eigenvalue weighted by atomic mass is 16.5.